The van der Waals surface area contributed by atoms with Crippen LogP contribution in [-0.2, 0) is 44.8 Å². The van der Waals surface area contributed by atoms with Gasteiger partial charge in [-0.25, -0.2) is 24.2 Å². The van der Waals surface area contributed by atoms with E-state index in [1.165, 1.54) is 6.92 Å². The molecule has 55 heavy (non-hydrogen) atoms. The average Bonchev–Trinajstić information content (AvgIpc) is 3.16. The van der Waals surface area contributed by atoms with Crippen molar-refractivity contribution in [2.45, 2.75) is 117 Å². The molecule has 0 saturated heterocycles. The van der Waals surface area contributed by atoms with E-state index in [2.05, 4.69) is 13.8 Å². The fourth-order valence-corrected chi connectivity index (χ4v) is 5.92. The standard InChI is InChI=1S/C44H56O11/c1-6-32(2)30-38-31-37(24-27-40(38)35-20-16-15-17-21-35)42(48)55-54-41(47)36-22-25-39(26-23-36)50-28-18-13-11-9-7-8-10-12-14-19-29-51-43(49)44(5,52-33(3)45)53-34(4)46/h15-17,20-27,31-32H,6-14,18-19,28-30H2,1-5H3. The number of carbonyl (C=O) groups excluding carboxylic acids is 5. The van der Waals surface area contributed by atoms with E-state index in [1.807, 2.05) is 42.5 Å². The van der Waals surface area contributed by atoms with Crippen molar-refractivity contribution in [1.82, 2.24) is 0 Å². The van der Waals surface area contributed by atoms with Gasteiger partial charge < -0.3 is 18.9 Å². The van der Waals surface area contributed by atoms with Crippen molar-refractivity contribution < 1.29 is 52.7 Å². The fourth-order valence-electron chi connectivity index (χ4n) is 5.92. The molecule has 3 aromatic rings. The van der Waals surface area contributed by atoms with E-state index < -0.39 is 35.6 Å². The molecule has 11 heteroatoms. The minimum atomic E-state index is -2.08. The van der Waals surface area contributed by atoms with Crippen LogP contribution in [0, 0.1) is 5.92 Å². The maximum atomic E-state index is 12.8. The number of esters is 3. The molecule has 11 nitrogen and oxygen atoms in total. The molecule has 1 atom stereocenters. The SMILES string of the molecule is CCC(C)Cc1cc(C(=O)OOC(=O)c2ccc(OCCCCCCCCCCCCOC(=O)C(C)(OC(C)=O)OC(C)=O)cc2)ccc1-c1ccccc1. The molecule has 0 amide bonds. The van der Waals surface area contributed by atoms with Crippen molar-refractivity contribution in [2.24, 2.45) is 5.92 Å². The van der Waals surface area contributed by atoms with Crippen LogP contribution in [0.1, 0.15) is 132 Å². The van der Waals surface area contributed by atoms with Gasteiger partial charge in [0.1, 0.15) is 5.75 Å². The average molecular weight is 761 g/mol. The molecule has 0 heterocycles. The number of hydrogen-bond donors (Lipinski definition) is 0. The Bertz CT molecular complexity index is 1650. The van der Waals surface area contributed by atoms with Crippen LogP contribution in [0.4, 0.5) is 0 Å². The third-order valence-corrected chi connectivity index (χ3v) is 9.06. The molecule has 0 aliphatic heterocycles. The first-order valence-electron chi connectivity index (χ1n) is 19.3. The molecular weight excluding hydrogens is 704 g/mol. The highest BCUT2D eigenvalue weighted by atomic mass is 17.2. The molecule has 0 aliphatic carbocycles. The van der Waals surface area contributed by atoms with Gasteiger partial charge in [-0.05, 0) is 78.3 Å². The Kier molecular flexibility index (Phi) is 18.9. The lowest BCUT2D eigenvalue weighted by Gasteiger charge is -2.25. The van der Waals surface area contributed by atoms with Gasteiger partial charge in [-0.2, -0.15) is 0 Å². The van der Waals surface area contributed by atoms with Gasteiger partial charge in [0.2, 0.25) is 0 Å². The van der Waals surface area contributed by atoms with Crippen molar-refractivity contribution in [3.8, 4) is 16.9 Å². The molecule has 0 spiro atoms. The predicted octanol–water partition coefficient (Wildman–Crippen LogP) is 9.54. The molecule has 0 fully saturated rings. The summed E-state index contributed by atoms with van der Waals surface area (Å²) in [4.78, 5) is 70.1. The monoisotopic (exact) mass is 760 g/mol. The van der Waals surface area contributed by atoms with Crippen molar-refractivity contribution in [2.75, 3.05) is 13.2 Å². The van der Waals surface area contributed by atoms with Gasteiger partial charge in [0, 0.05) is 20.8 Å². The molecule has 0 N–H and O–H groups in total. The smallest absolute Gasteiger partial charge is 0.392 e. The molecule has 0 aromatic heterocycles. The van der Waals surface area contributed by atoms with Crippen LogP contribution < -0.4 is 4.74 Å². The number of ether oxygens (including phenoxy) is 4. The Morgan fingerprint density at radius 2 is 1.15 bits per heavy atom. The lowest BCUT2D eigenvalue weighted by atomic mass is 9.90. The van der Waals surface area contributed by atoms with Gasteiger partial charge in [0.25, 0.3) is 0 Å². The molecule has 3 aromatic carbocycles. The Morgan fingerprint density at radius 1 is 0.636 bits per heavy atom. The van der Waals surface area contributed by atoms with Crippen LogP contribution in [0.3, 0.4) is 0 Å². The largest absolute Gasteiger partial charge is 0.494 e. The van der Waals surface area contributed by atoms with E-state index in [0.717, 1.165) is 101 Å². The second kappa shape index (κ2) is 23.6. The van der Waals surface area contributed by atoms with E-state index in [4.69, 9.17) is 28.7 Å². The Balaban J connectivity index is 1.25. The molecule has 0 aliphatic rings. The van der Waals surface area contributed by atoms with Crippen LogP contribution >= 0.6 is 0 Å². The van der Waals surface area contributed by atoms with Gasteiger partial charge in [-0.3, -0.25) is 9.59 Å². The summed E-state index contributed by atoms with van der Waals surface area (Å²) in [5, 5.41) is 0. The first kappa shape index (κ1) is 44.2. The highest BCUT2D eigenvalue weighted by Crippen LogP contribution is 2.28. The van der Waals surface area contributed by atoms with E-state index in [9.17, 15) is 24.0 Å². The topological polar surface area (TPSA) is 141 Å². The second-order valence-corrected chi connectivity index (χ2v) is 13.9. The second-order valence-electron chi connectivity index (χ2n) is 13.9. The third-order valence-electron chi connectivity index (χ3n) is 9.06. The third kappa shape index (κ3) is 16.0. The summed E-state index contributed by atoms with van der Waals surface area (Å²) in [6.45, 7) is 8.45. The van der Waals surface area contributed by atoms with Crippen LogP contribution in [-0.4, -0.2) is 48.8 Å². The van der Waals surface area contributed by atoms with E-state index >= 15 is 0 Å². The minimum Gasteiger partial charge on any atom is -0.494 e. The Morgan fingerprint density at radius 3 is 1.69 bits per heavy atom. The summed E-state index contributed by atoms with van der Waals surface area (Å²) in [6.07, 6.45) is 12.0. The highest BCUT2D eigenvalue weighted by molar-refractivity contribution is 5.93. The van der Waals surface area contributed by atoms with Crippen molar-refractivity contribution in [1.29, 1.82) is 0 Å². The summed E-state index contributed by atoms with van der Waals surface area (Å²) in [5.74, 6) is -4.94. The minimum absolute atomic E-state index is 0.151. The molecular formula is C44H56O11. The summed E-state index contributed by atoms with van der Waals surface area (Å²) in [5.41, 5.74) is 3.71. The van der Waals surface area contributed by atoms with Gasteiger partial charge >= 0.3 is 35.6 Å². The number of carbonyl (C=O) groups is 5. The van der Waals surface area contributed by atoms with Crippen LogP contribution in [0.5, 0.6) is 5.75 Å². The number of rotatable bonds is 23. The zero-order chi connectivity index (χ0) is 40.1. The predicted molar refractivity (Wildman–Crippen MR) is 207 cm³/mol. The zero-order valence-electron chi connectivity index (χ0n) is 32.9. The number of hydrogen-bond acceptors (Lipinski definition) is 11. The van der Waals surface area contributed by atoms with E-state index in [0.29, 0.717) is 30.3 Å². The number of unbranched alkanes of at least 4 members (excludes halogenated alkanes) is 9. The zero-order valence-corrected chi connectivity index (χ0v) is 32.9. The van der Waals surface area contributed by atoms with Gasteiger partial charge in [0.05, 0.1) is 24.3 Å². The van der Waals surface area contributed by atoms with Gasteiger partial charge in [-0.15, -0.1) is 0 Å². The van der Waals surface area contributed by atoms with E-state index in [1.54, 1.807) is 30.3 Å². The first-order valence-corrected chi connectivity index (χ1v) is 19.3. The lowest BCUT2D eigenvalue weighted by Crippen LogP contribution is -2.45. The molecule has 298 valence electrons. The molecule has 0 saturated carbocycles. The normalized spacial score (nSPS) is 11.6. The van der Waals surface area contributed by atoms with Crippen LogP contribution in [0.25, 0.3) is 11.1 Å². The highest BCUT2D eigenvalue weighted by Gasteiger charge is 2.42. The molecule has 0 bridgehead atoms. The molecule has 0 radical (unpaired) electrons. The lowest BCUT2D eigenvalue weighted by molar-refractivity contribution is -0.232. The van der Waals surface area contributed by atoms with Crippen molar-refractivity contribution in [3.63, 3.8) is 0 Å². The summed E-state index contributed by atoms with van der Waals surface area (Å²) in [6, 6.07) is 22.0. The number of benzene rings is 3. The van der Waals surface area contributed by atoms with Gasteiger partial charge in [0.15, 0.2) is 0 Å². The van der Waals surface area contributed by atoms with E-state index in [-0.39, 0.29) is 12.2 Å². The van der Waals surface area contributed by atoms with Crippen LogP contribution in [0.15, 0.2) is 72.8 Å². The Hall–Kier alpha value is -5.19. The maximum Gasteiger partial charge on any atom is 0.392 e. The fraction of sp³-hybridized carbons (Fsp3) is 0.477. The molecule has 3 rings (SSSR count). The maximum absolute atomic E-state index is 12.8. The Labute approximate surface area is 324 Å². The summed E-state index contributed by atoms with van der Waals surface area (Å²) >= 11 is 0. The van der Waals surface area contributed by atoms with Crippen molar-refractivity contribution in [3.05, 3.63) is 89.5 Å². The summed E-state index contributed by atoms with van der Waals surface area (Å²) < 4.78 is 20.7. The summed E-state index contributed by atoms with van der Waals surface area (Å²) in [7, 11) is 0. The van der Waals surface area contributed by atoms with Crippen molar-refractivity contribution >= 4 is 29.8 Å². The van der Waals surface area contributed by atoms with Gasteiger partial charge in [-0.1, -0.05) is 108 Å². The first-order chi connectivity index (χ1) is 26.4. The van der Waals surface area contributed by atoms with Crippen LogP contribution in [0.2, 0.25) is 0 Å². The quantitative estimate of drug-likeness (QED) is 0.0300. The molecule has 1 unspecified atom stereocenters.